The van der Waals surface area contributed by atoms with E-state index in [2.05, 4.69) is 11.8 Å². The van der Waals surface area contributed by atoms with Crippen molar-refractivity contribution in [3.05, 3.63) is 0 Å². The van der Waals surface area contributed by atoms with Crippen molar-refractivity contribution in [3.8, 4) is 0 Å². The molecule has 0 unspecified atom stereocenters. The van der Waals surface area contributed by atoms with Crippen LogP contribution in [0.1, 0.15) is 19.8 Å². The molecule has 4 atom stereocenters. The molecule has 1 fully saturated rings. The number of likely N-dealkylation sites (tertiary alicyclic amines) is 1. The van der Waals surface area contributed by atoms with Gasteiger partial charge in [-0.25, -0.2) is 9.59 Å². The van der Waals surface area contributed by atoms with Gasteiger partial charge in [0.05, 0.1) is 5.92 Å². The number of piperidine rings is 1. The lowest BCUT2D eigenvalue weighted by Gasteiger charge is -2.33. The second kappa shape index (κ2) is 8.55. The van der Waals surface area contributed by atoms with Gasteiger partial charge in [-0.2, -0.15) is 0 Å². The maximum Gasteiger partial charge on any atom is 0.335 e. The Labute approximate surface area is 121 Å². The van der Waals surface area contributed by atoms with Gasteiger partial charge in [0.2, 0.25) is 0 Å². The van der Waals surface area contributed by atoms with E-state index in [9.17, 15) is 14.4 Å². The summed E-state index contributed by atoms with van der Waals surface area (Å²) in [7, 11) is 1.99. The third kappa shape index (κ3) is 6.52. The van der Waals surface area contributed by atoms with Gasteiger partial charge in [0, 0.05) is 12.6 Å². The molecular weight excluding hydrogens is 286 g/mol. The van der Waals surface area contributed by atoms with E-state index in [1.807, 2.05) is 7.05 Å². The van der Waals surface area contributed by atoms with Crippen LogP contribution in [0.25, 0.3) is 0 Å². The summed E-state index contributed by atoms with van der Waals surface area (Å²) in [5.41, 5.74) is 0. The average molecular weight is 307 g/mol. The van der Waals surface area contributed by atoms with Crippen LogP contribution in [-0.4, -0.2) is 80.2 Å². The van der Waals surface area contributed by atoms with E-state index in [-0.39, 0.29) is 5.92 Å². The maximum absolute atomic E-state index is 10.6. The van der Waals surface area contributed by atoms with Crippen molar-refractivity contribution in [2.45, 2.75) is 38.0 Å². The summed E-state index contributed by atoms with van der Waals surface area (Å²) in [5.74, 6) is -4.33. The Morgan fingerprint density at radius 1 is 1.00 bits per heavy atom. The molecule has 1 heterocycles. The predicted octanol–water partition coefficient (Wildman–Crippen LogP) is -1.32. The molecule has 9 nitrogen and oxygen atoms in total. The second-order valence-corrected chi connectivity index (χ2v) is 4.97. The minimum absolute atomic E-state index is 0.142. The molecule has 1 rings (SSSR count). The summed E-state index contributed by atoms with van der Waals surface area (Å²) in [5, 5.41) is 41.2. The molecule has 0 aliphatic carbocycles. The Morgan fingerprint density at radius 3 is 1.71 bits per heavy atom. The standard InChI is InChI=1S/C8H15NO2.C4H6O6/c1-6-3-4-7(8(10)11)5-9(6)2;5-1(3(7)8)2(6)4(9)10/h6-7H,3-5H2,1-2H3,(H,10,11);1-2,5-6H,(H,7,8)(H,9,10)/t6-,7+;1-,2-/m11/s1. The first kappa shape index (κ1) is 19.3. The van der Waals surface area contributed by atoms with Crippen LogP contribution in [-0.2, 0) is 14.4 Å². The molecule has 0 radical (unpaired) electrons. The number of carboxylic acids is 3. The quantitative estimate of drug-likeness (QED) is 0.425. The number of hydrogen-bond acceptors (Lipinski definition) is 6. The van der Waals surface area contributed by atoms with Crippen molar-refractivity contribution in [2.75, 3.05) is 13.6 Å². The first-order chi connectivity index (χ1) is 9.57. The number of hydrogen-bond donors (Lipinski definition) is 5. The Balaban J connectivity index is 0.000000384. The molecule has 0 aromatic rings. The number of carbonyl (C=O) groups is 3. The summed E-state index contributed by atoms with van der Waals surface area (Å²) in [6.07, 6.45) is -2.69. The van der Waals surface area contributed by atoms with Crippen LogP contribution >= 0.6 is 0 Å². The van der Waals surface area contributed by atoms with Crippen molar-refractivity contribution in [1.82, 2.24) is 4.90 Å². The first-order valence-corrected chi connectivity index (χ1v) is 6.32. The van der Waals surface area contributed by atoms with Crippen molar-refractivity contribution in [2.24, 2.45) is 5.92 Å². The molecule has 0 spiro atoms. The number of rotatable bonds is 4. The Kier molecular flexibility index (Phi) is 7.85. The molecule has 5 N–H and O–H groups in total. The third-order valence-corrected chi connectivity index (χ3v) is 3.35. The highest BCUT2D eigenvalue weighted by Crippen LogP contribution is 2.19. The van der Waals surface area contributed by atoms with E-state index in [0.717, 1.165) is 12.8 Å². The molecule has 0 aromatic heterocycles. The molecular formula is C12H21NO8. The van der Waals surface area contributed by atoms with E-state index < -0.39 is 30.1 Å². The first-order valence-electron chi connectivity index (χ1n) is 6.32. The topological polar surface area (TPSA) is 156 Å². The van der Waals surface area contributed by atoms with Gasteiger partial charge >= 0.3 is 17.9 Å². The van der Waals surface area contributed by atoms with E-state index in [0.29, 0.717) is 12.6 Å². The lowest BCUT2D eigenvalue weighted by molar-refractivity contribution is -0.165. The zero-order valence-corrected chi connectivity index (χ0v) is 11.8. The fourth-order valence-corrected chi connectivity index (χ4v) is 1.75. The summed E-state index contributed by atoms with van der Waals surface area (Å²) < 4.78 is 0. The number of aliphatic hydroxyl groups excluding tert-OH is 2. The maximum atomic E-state index is 10.6. The molecule has 0 amide bonds. The van der Waals surface area contributed by atoms with Crippen molar-refractivity contribution >= 4 is 17.9 Å². The molecule has 1 saturated heterocycles. The molecule has 9 heteroatoms. The van der Waals surface area contributed by atoms with Crippen LogP contribution in [0.15, 0.2) is 0 Å². The monoisotopic (exact) mass is 307 g/mol. The third-order valence-electron chi connectivity index (χ3n) is 3.35. The number of carboxylic acid groups (broad SMARTS) is 3. The Bertz CT molecular complexity index is 367. The summed E-state index contributed by atoms with van der Waals surface area (Å²) in [4.78, 5) is 32.2. The highest BCUT2D eigenvalue weighted by molar-refractivity contribution is 5.83. The molecule has 0 aromatic carbocycles. The SMILES string of the molecule is C[C@@H]1CC[C@H](C(=O)O)CN1C.O=C(O)[C@H](O)[C@@H](O)C(=O)O. The van der Waals surface area contributed by atoms with Crippen LogP contribution < -0.4 is 0 Å². The predicted molar refractivity (Wildman–Crippen MR) is 69.7 cm³/mol. The van der Waals surface area contributed by atoms with Crippen LogP contribution in [0.3, 0.4) is 0 Å². The van der Waals surface area contributed by atoms with E-state index in [1.165, 1.54) is 0 Å². The fourth-order valence-electron chi connectivity index (χ4n) is 1.75. The van der Waals surface area contributed by atoms with Gasteiger partial charge in [-0.05, 0) is 26.8 Å². The second-order valence-electron chi connectivity index (χ2n) is 4.97. The summed E-state index contributed by atoms with van der Waals surface area (Å²) in [6, 6.07) is 0.547. The highest BCUT2D eigenvalue weighted by atomic mass is 16.4. The van der Waals surface area contributed by atoms with Crippen LogP contribution in [0.2, 0.25) is 0 Å². The van der Waals surface area contributed by atoms with Gasteiger partial charge in [0.15, 0.2) is 12.2 Å². The molecule has 1 aliphatic heterocycles. The molecule has 0 saturated carbocycles. The molecule has 21 heavy (non-hydrogen) atoms. The number of aliphatic carboxylic acids is 3. The largest absolute Gasteiger partial charge is 0.481 e. The van der Waals surface area contributed by atoms with Gasteiger partial charge in [0.25, 0.3) is 0 Å². The smallest absolute Gasteiger partial charge is 0.335 e. The molecule has 0 bridgehead atoms. The van der Waals surface area contributed by atoms with Gasteiger partial charge in [-0.3, -0.25) is 4.79 Å². The van der Waals surface area contributed by atoms with E-state index in [4.69, 9.17) is 25.5 Å². The van der Waals surface area contributed by atoms with Gasteiger partial charge in [-0.15, -0.1) is 0 Å². The fraction of sp³-hybridized carbons (Fsp3) is 0.750. The van der Waals surface area contributed by atoms with Crippen molar-refractivity contribution in [1.29, 1.82) is 0 Å². The highest BCUT2D eigenvalue weighted by Gasteiger charge is 2.29. The lowest BCUT2D eigenvalue weighted by Crippen LogP contribution is -2.41. The molecule has 122 valence electrons. The minimum atomic E-state index is -2.27. The zero-order chi connectivity index (χ0) is 16.7. The summed E-state index contributed by atoms with van der Waals surface area (Å²) in [6.45, 7) is 2.84. The normalized spacial score (nSPS) is 25.1. The van der Waals surface area contributed by atoms with Gasteiger partial charge in [0.1, 0.15) is 0 Å². The zero-order valence-electron chi connectivity index (χ0n) is 11.8. The van der Waals surface area contributed by atoms with Crippen molar-refractivity contribution < 1.29 is 39.9 Å². The van der Waals surface area contributed by atoms with Crippen LogP contribution in [0, 0.1) is 5.92 Å². The van der Waals surface area contributed by atoms with Crippen LogP contribution in [0.5, 0.6) is 0 Å². The Morgan fingerprint density at radius 2 is 1.43 bits per heavy atom. The number of aliphatic hydroxyl groups is 2. The molecule has 1 aliphatic rings. The lowest BCUT2D eigenvalue weighted by atomic mass is 9.94. The van der Waals surface area contributed by atoms with E-state index in [1.54, 1.807) is 0 Å². The van der Waals surface area contributed by atoms with Gasteiger partial charge < -0.3 is 30.4 Å². The van der Waals surface area contributed by atoms with Crippen LogP contribution in [0.4, 0.5) is 0 Å². The van der Waals surface area contributed by atoms with Crippen molar-refractivity contribution in [3.63, 3.8) is 0 Å². The number of nitrogens with zero attached hydrogens (tertiary/aromatic N) is 1. The van der Waals surface area contributed by atoms with Gasteiger partial charge in [-0.1, -0.05) is 0 Å². The van der Waals surface area contributed by atoms with E-state index >= 15 is 0 Å². The minimum Gasteiger partial charge on any atom is -0.481 e. The Hall–Kier alpha value is -1.71. The summed E-state index contributed by atoms with van der Waals surface area (Å²) >= 11 is 0. The average Bonchev–Trinajstić information content (AvgIpc) is 2.40.